The summed E-state index contributed by atoms with van der Waals surface area (Å²) in [6.45, 7) is 0. The van der Waals surface area contributed by atoms with Gasteiger partial charge >= 0.3 is 0 Å². The first-order valence-electron chi connectivity index (χ1n) is 5.19. The monoisotopic (exact) mass is 262 g/mol. The molecule has 0 radical (unpaired) electrons. The van der Waals surface area contributed by atoms with Crippen LogP contribution in [0.25, 0.3) is 0 Å². The zero-order valence-electron chi connectivity index (χ0n) is 9.39. The van der Waals surface area contributed by atoms with Crippen molar-refractivity contribution in [1.29, 1.82) is 0 Å². The molecule has 4 N–H and O–H groups in total. The Kier molecular flexibility index (Phi) is 3.39. The summed E-state index contributed by atoms with van der Waals surface area (Å²) >= 11 is 5.81. The maximum absolute atomic E-state index is 11.3. The van der Waals surface area contributed by atoms with Gasteiger partial charge in [-0.15, -0.1) is 0 Å². The summed E-state index contributed by atoms with van der Waals surface area (Å²) in [5.41, 5.74) is 11.7. The average molecular weight is 263 g/mol. The predicted octanol–water partition coefficient (Wildman–Crippen LogP) is 2.81. The molecule has 0 unspecified atom stereocenters. The van der Waals surface area contributed by atoms with Crippen molar-refractivity contribution in [2.24, 2.45) is 5.73 Å². The zero-order valence-corrected chi connectivity index (χ0v) is 10.1. The van der Waals surface area contributed by atoms with Crippen molar-refractivity contribution >= 4 is 23.2 Å². The maximum Gasteiger partial charge on any atom is 0.252 e. The molecule has 2 aromatic carbocycles. The molecule has 0 fully saturated rings. The van der Waals surface area contributed by atoms with Crippen molar-refractivity contribution in [3.63, 3.8) is 0 Å². The summed E-state index contributed by atoms with van der Waals surface area (Å²) in [6, 6.07) is 11.6. The molecule has 0 aliphatic carbocycles. The number of halogens is 1. The molecule has 0 aliphatic rings. The second kappa shape index (κ2) is 4.98. The highest BCUT2D eigenvalue weighted by molar-refractivity contribution is 6.31. The molecule has 4 nitrogen and oxygen atoms in total. The van der Waals surface area contributed by atoms with E-state index in [1.807, 2.05) is 0 Å². The minimum absolute atomic E-state index is 0.214. The number of ether oxygens (including phenoxy) is 1. The topological polar surface area (TPSA) is 78.3 Å². The Morgan fingerprint density at radius 2 is 1.83 bits per heavy atom. The van der Waals surface area contributed by atoms with Gasteiger partial charge in [0.05, 0.1) is 11.3 Å². The van der Waals surface area contributed by atoms with Gasteiger partial charge < -0.3 is 16.2 Å². The Labute approximate surface area is 109 Å². The van der Waals surface area contributed by atoms with Crippen LogP contribution in [0.5, 0.6) is 11.5 Å². The van der Waals surface area contributed by atoms with Crippen LogP contribution in [-0.4, -0.2) is 5.91 Å². The molecular weight excluding hydrogens is 252 g/mol. The molecule has 2 rings (SSSR count). The van der Waals surface area contributed by atoms with Crippen molar-refractivity contribution in [3.8, 4) is 11.5 Å². The van der Waals surface area contributed by atoms with E-state index in [4.69, 9.17) is 27.8 Å². The number of benzene rings is 2. The van der Waals surface area contributed by atoms with E-state index >= 15 is 0 Å². The van der Waals surface area contributed by atoms with Crippen molar-refractivity contribution < 1.29 is 9.53 Å². The highest BCUT2D eigenvalue weighted by Crippen LogP contribution is 2.30. The third-order valence-electron chi connectivity index (χ3n) is 2.35. The van der Waals surface area contributed by atoms with E-state index in [0.29, 0.717) is 22.2 Å². The fraction of sp³-hybridized carbons (Fsp3) is 0. The lowest BCUT2D eigenvalue weighted by molar-refractivity contribution is 0.0998. The Morgan fingerprint density at radius 1 is 1.11 bits per heavy atom. The summed E-state index contributed by atoms with van der Waals surface area (Å²) in [4.78, 5) is 11.3. The Morgan fingerprint density at radius 3 is 2.50 bits per heavy atom. The van der Waals surface area contributed by atoms with Gasteiger partial charge in [-0.1, -0.05) is 23.7 Å². The molecule has 0 spiro atoms. The first-order chi connectivity index (χ1) is 8.58. The van der Waals surface area contributed by atoms with Crippen LogP contribution in [-0.2, 0) is 0 Å². The number of nitrogens with two attached hydrogens (primary N) is 2. The molecule has 0 atom stereocenters. The quantitative estimate of drug-likeness (QED) is 0.835. The van der Waals surface area contributed by atoms with Crippen LogP contribution in [0, 0.1) is 0 Å². The number of hydrogen-bond acceptors (Lipinski definition) is 3. The minimum Gasteiger partial charge on any atom is -0.454 e. The molecule has 0 heterocycles. The third kappa shape index (κ3) is 2.55. The summed E-state index contributed by atoms with van der Waals surface area (Å²) < 4.78 is 5.57. The van der Waals surface area contributed by atoms with Crippen LogP contribution in [0.15, 0.2) is 42.5 Å². The molecule has 1 amide bonds. The van der Waals surface area contributed by atoms with Gasteiger partial charge in [0, 0.05) is 5.02 Å². The van der Waals surface area contributed by atoms with Crippen LogP contribution in [0.1, 0.15) is 10.4 Å². The summed E-state index contributed by atoms with van der Waals surface area (Å²) in [7, 11) is 0. The molecular formula is C13H11ClN2O2. The van der Waals surface area contributed by atoms with E-state index in [1.54, 1.807) is 36.4 Å². The largest absolute Gasteiger partial charge is 0.454 e. The number of anilines is 1. The van der Waals surface area contributed by atoms with Gasteiger partial charge in [-0.3, -0.25) is 4.79 Å². The van der Waals surface area contributed by atoms with E-state index in [0.717, 1.165) is 0 Å². The Balaban J connectivity index is 2.41. The number of carbonyl (C=O) groups is 1. The van der Waals surface area contributed by atoms with E-state index in [2.05, 4.69) is 0 Å². The number of para-hydroxylation sites is 2. The molecule has 18 heavy (non-hydrogen) atoms. The van der Waals surface area contributed by atoms with Crippen molar-refractivity contribution in [3.05, 3.63) is 53.1 Å². The predicted molar refractivity (Wildman–Crippen MR) is 70.9 cm³/mol. The summed E-state index contributed by atoms with van der Waals surface area (Å²) in [6.07, 6.45) is 0. The zero-order chi connectivity index (χ0) is 13.1. The van der Waals surface area contributed by atoms with Crippen molar-refractivity contribution in [1.82, 2.24) is 0 Å². The molecule has 0 saturated heterocycles. The number of nitrogen functional groups attached to an aromatic ring is 1. The molecule has 0 bridgehead atoms. The molecule has 5 heteroatoms. The van der Waals surface area contributed by atoms with Crippen molar-refractivity contribution in [2.75, 3.05) is 5.73 Å². The number of hydrogen-bond donors (Lipinski definition) is 2. The van der Waals surface area contributed by atoms with Gasteiger partial charge in [0.15, 0.2) is 0 Å². The maximum atomic E-state index is 11.3. The van der Waals surface area contributed by atoms with Crippen LogP contribution in [0.2, 0.25) is 5.02 Å². The number of primary amides is 1. The third-order valence-corrected chi connectivity index (χ3v) is 2.58. The van der Waals surface area contributed by atoms with Crippen molar-refractivity contribution in [2.45, 2.75) is 0 Å². The average Bonchev–Trinajstić information content (AvgIpc) is 2.34. The lowest BCUT2D eigenvalue weighted by Gasteiger charge is -2.11. The van der Waals surface area contributed by atoms with Crippen LogP contribution in [0.3, 0.4) is 0 Å². The highest BCUT2D eigenvalue weighted by atomic mass is 35.5. The van der Waals surface area contributed by atoms with Gasteiger partial charge in [-0.05, 0) is 30.3 Å². The molecule has 0 aliphatic heterocycles. The fourth-order valence-electron chi connectivity index (χ4n) is 1.48. The second-order valence-electron chi connectivity index (χ2n) is 3.64. The Bertz CT molecular complexity index is 599. The minimum atomic E-state index is -0.609. The van der Waals surface area contributed by atoms with Crippen LogP contribution in [0.4, 0.5) is 5.69 Å². The highest BCUT2D eigenvalue weighted by Gasteiger charge is 2.12. The van der Waals surface area contributed by atoms with Gasteiger partial charge in [-0.25, -0.2) is 0 Å². The van der Waals surface area contributed by atoms with E-state index < -0.39 is 5.91 Å². The molecule has 92 valence electrons. The lowest BCUT2D eigenvalue weighted by Crippen LogP contribution is -2.12. The molecule has 2 aromatic rings. The van der Waals surface area contributed by atoms with Gasteiger partial charge in [-0.2, -0.15) is 0 Å². The number of amides is 1. The standard InChI is InChI=1S/C13H11ClN2O2/c14-8-5-6-11(9(7-8)13(16)17)18-12-4-2-1-3-10(12)15/h1-7H,15H2,(H2,16,17). The lowest BCUT2D eigenvalue weighted by atomic mass is 10.2. The second-order valence-corrected chi connectivity index (χ2v) is 4.08. The first-order valence-corrected chi connectivity index (χ1v) is 5.57. The molecule has 0 saturated carbocycles. The SMILES string of the molecule is NC(=O)c1cc(Cl)ccc1Oc1ccccc1N. The van der Waals surface area contributed by atoms with E-state index in [1.165, 1.54) is 6.07 Å². The normalized spacial score (nSPS) is 10.1. The van der Waals surface area contributed by atoms with E-state index in [9.17, 15) is 4.79 Å². The van der Waals surface area contributed by atoms with Crippen LogP contribution >= 0.6 is 11.6 Å². The van der Waals surface area contributed by atoms with Gasteiger partial charge in [0.2, 0.25) is 0 Å². The van der Waals surface area contributed by atoms with Gasteiger partial charge in [0.25, 0.3) is 5.91 Å². The smallest absolute Gasteiger partial charge is 0.252 e. The summed E-state index contributed by atoms with van der Waals surface area (Å²) in [5.74, 6) is 0.175. The van der Waals surface area contributed by atoms with Gasteiger partial charge in [0.1, 0.15) is 11.5 Å². The summed E-state index contributed by atoms with van der Waals surface area (Å²) in [5, 5.41) is 0.414. The van der Waals surface area contributed by atoms with Crippen LogP contribution < -0.4 is 16.2 Å². The molecule has 0 aromatic heterocycles. The number of rotatable bonds is 3. The first kappa shape index (κ1) is 12.3. The van der Waals surface area contributed by atoms with E-state index in [-0.39, 0.29) is 5.56 Å². The Hall–Kier alpha value is -2.20. The number of carbonyl (C=O) groups excluding carboxylic acids is 1. The fourth-order valence-corrected chi connectivity index (χ4v) is 1.65.